The van der Waals surface area contributed by atoms with E-state index in [0.717, 1.165) is 5.56 Å². The maximum Gasteiger partial charge on any atom is 0.442 e. The molecule has 0 saturated heterocycles. The molecular formula is C14H11F3N4O2S. The predicted molar refractivity (Wildman–Crippen MR) is 78.9 cm³/mol. The molecule has 0 unspecified atom stereocenters. The zero-order valence-corrected chi connectivity index (χ0v) is 13.1. The molecule has 0 radical (unpaired) electrons. The van der Waals surface area contributed by atoms with Crippen molar-refractivity contribution in [2.75, 3.05) is 7.11 Å². The third-order valence-corrected chi connectivity index (χ3v) is 4.14. The number of nitrogens with zero attached hydrogens (tertiary/aromatic N) is 3. The van der Waals surface area contributed by atoms with Gasteiger partial charge >= 0.3 is 11.8 Å². The fraction of sp³-hybridized carbons (Fsp3) is 0.286. The minimum Gasteiger partial charge on any atom is -0.480 e. The molecule has 1 aromatic carbocycles. The summed E-state index contributed by atoms with van der Waals surface area (Å²) in [4.78, 5) is 12.1. The molecule has 1 aliphatic rings. The largest absolute Gasteiger partial charge is 0.480 e. The van der Waals surface area contributed by atoms with Crippen molar-refractivity contribution in [3.8, 4) is 5.88 Å². The number of halogens is 3. The van der Waals surface area contributed by atoms with Gasteiger partial charge in [-0.25, -0.2) is 0 Å². The molecule has 2 heterocycles. The highest BCUT2D eigenvalue weighted by molar-refractivity contribution is 7.03. The second-order valence-corrected chi connectivity index (χ2v) is 5.61. The van der Waals surface area contributed by atoms with Crippen LogP contribution in [0.3, 0.4) is 0 Å². The number of methoxy groups -OCH3 is 1. The molecule has 3 rings (SSSR count). The van der Waals surface area contributed by atoms with E-state index < -0.39 is 17.7 Å². The molecule has 0 saturated carbocycles. The first-order valence-corrected chi connectivity index (χ1v) is 7.58. The lowest BCUT2D eigenvalue weighted by atomic mass is 10.0. The van der Waals surface area contributed by atoms with Gasteiger partial charge in [-0.05, 0) is 23.7 Å². The minimum atomic E-state index is -4.58. The van der Waals surface area contributed by atoms with E-state index in [4.69, 9.17) is 4.74 Å². The number of carbonyl (C=O) groups is 1. The van der Waals surface area contributed by atoms with Gasteiger partial charge in [0.2, 0.25) is 5.88 Å². The molecule has 0 bridgehead atoms. The van der Waals surface area contributed by atoms with E-state index in [2.05, 4.69) is 19.9 Å². The van der Waals surface area contributed by atoms with Crippen LogP contribution in [0.1, 0.15) is 21.5 Å². The van der Waals surface area contributed by atoms with E-state index in [9.17, 15) is 18.0 Å². The number of alkyl halides is 3. The van der Waals surface area contributed by atoms with E-state index in [1.165, 1.54) is 42.9 Å². The number of ether oxygens (including phenoxy) is 1. The fourth-order valence-electron chi connectivity index (χ4n) is 2.11. The van der Waals surface area contributed by atoms with Crippen molar-refractivity contribution in [3.63, 3.8) is 0 Å². The highest BCUT2D eigenvalue weighted by Crippen LogP contribution is 2.52. The summed E-state index contributed by atoms with van der Waals surface area (Å²) in [5, 5.41) is 10.6. The number of amides is 1. The number of nitrogens with one attached hydrogen (secondary N) is 1. The van der Waals surface area contributed by atoms with Gasteiger partial charge in [0, 0.05) is 28.6 Å². The molecule has 24 heavy (non-hydrogen) atoms. The van der Waals surface area contributed by atoms with Gasteiger partial charge in [0.15, 0.2) is 0 Å². The smallest absolute Gasteiger partial charge is 0.442 e. The third kappa shape index (κ3) is 2.84. The first-order chi connectivity index (χ1) is 11.4. The Labute approximate surface area is 138 Å². The number of carbonyl (C=O) groups excluding carboxylic acids is 1. The van der Waals surface area contributed by atoms with Gasteiger partial charge in [-0.2, -0.15) is 17.5 Å². The maximum absolute atomic E-state index is 12.9. The molecule has 0 spiro atoms. The van der Waals surface area contributed by atoms with Crippen molar-refractivity contribution in [1.29, 1.82) is 0 Å². The third-order valence-electron chi connectivity index (χ3n) is 3.48. The van der Waals surface area contributed by atoms with Crippen LogP contribution in [0, 0.1) is 0 Å². The van der Waals surface area contributed by atoms with Crippen LogP contribution in [0.4, 0.5) is 13.2 Å². The molecule has 1 aliphatic heterocycles. The number of rotatable bonds is 5. The Morgan fingerprint density at radius 1 is 1.29 bits per heavy atom. The fourth-order valence-corrected chi connectivity index (χ4v) is 2.76. The van der Waals surface area contributed by atoms with Crippen LogP contribution in [0.2, 0.25) is 0 Å². The van der Waals surface area contributed by atoms with Gasteiger partial charge in [-0.1, -0.05) is 12.1 Å². The Kier molecular flexibility index (Phi) is 3.99. The Morgan fingerprint density at radius 2 is 1.96 bits per heavy atom. The summed E-state index contributed by atoms with van der Waals surface area (Å²) in [6.45, 7) is 0.206. The monoisotopic (exact) mass is 356 g/mol. The maximum atomic E-state index is 12.9. The summed E-state index contributed by atoms with van der Waals surface area (Å²) < 4.78 is 47.7. The van der Waals surface area contributed by atoms with Crippen molar-refractivity contribution >= 4 is 17.4 Å². The lowest BCUT2D eigenvalue weighted by Crippen LogP contribution is -2.30. The standard InChI is InChI=1S/C14H11F3N4O2S/c1-23-12-9(7-24-19-12)6-18-11(22)8-2-4-10(5-3-8)13(20-21-13)14(15,16)17/h2-5,7H,6H2,1H3,(H,18,22). The Hall–Kier alpha value is -2.49. The molecule has 10 heteroatoms. The summed E-state index contributed by atoms with van der Waals surface area (Å²) in [6.07, 6.45) is -4.58. The van der Waals surface area contributed by atoms with Crippen LogP contribution in [0.5, 0.6) is 5.88 Å². The first-order valence-electron chi connectivity index (χ1n) is 6.74. The SMILES string of the molecule is COc1nscc1CNC(=O)c1ccc(C2(C(F)(F)F)N=N2)cc1. The molecule has 126 valence electrons. The molecule has 1 aromatic heterocycles. The van der Waals surface area contributed by atoms with Crippen LogP contribution >= 0.6 is 11.5 Å². The predicted octanol–water partition coefficient (Wildman–Crippen LogP) is 3.26. The molecular weight excluding hydrogens is 345 g/mol. The molecule has 0 atom stereocenters. The summed E-state index contributed by atoms with van der Waals surface area (Å²) in [5.41, 5.74) is -1.63. The second-order valence-electron chi connectivity index (χ2n) is 4.98. The Bertz CT molecular complexity index is 780. The molecule has 0 fully saturated rings. The van der Waals surface area contributed by atoms with Crippen LogP contribution in [-0.4, -0.2) is 23.6 Å². The molecule has 1 amide bonds. The zero-order valence-electron chi connectivity index (χ0n) is 12.3. The number of aromatic nitrogens is 1. The van der Waals surface area contributed by atoms with Gasteiger partial charge in [0.05, 0.1) is 7.11 Å². The summed E-state index contributed by atoms with van der Waals surface area (Å²) >= 11 is 1.20. The molecule has 2 aromatic rings. The van der Waals surface area contributed by atoms with Crippen LogP contribution in [0.25, 0.3) is 0 Å². The first kappa shape index (κ1) is 16.4. The van der Waals surface area contributed by atoms with Gasteiger partial charge in [0.25, 0.3) is 5.91 Å². The van der Waals surface area contributed by atoms with Crippen molar-refractivity contribution in [2.24, 2.45) is 10.2 Å². The van der Waals surface area contributed by atoms with E-state index >= 15 is 0 Å². The van der Waals surface area contributed by atoms with Crippen molar-refractivity contribution in [3.05, 3.63) is 46.3 Å². The average Bonchev–Trinajstić information content (AvgIpc) is 3.26. The lowest BCUT2D eigenvalue weighted by Gasteiger charge is -2.14. The number of hydrogen-bond donors (Lipinski definition) is 1. The topological polar surface area (TPSA) is 75.9 Å². The number of hydrogen-bond acceptors (Lipinski definition) is 6. The van der Waals surface area contributed by atoms with E-state index in [0.29, 0.717) is 5.88 Å². The minimum absolute atomic E-state index is 0.116. The van der Waals surface area contributed by atoms with Crippen molar-refractivity contribution in [2.45, 2.75) is 18.4 Å². The van der Waals surface area contributed by atoms with Crippen LogP contribution in [-0.2, 0) is 12.2 Å². The zero-order chi connectivity index (χ0) is 17.4. The highest BCUT2D eigenvalue weighted by Gasteiger charge is 2.65. The quantitative estimate of drug-likeness (QED) is 0.893. The van der Waals surface area contributed by atoms with Gasteiger partial charge in [-0.3, -0.25) is 4.79 Å². The van der Waals surface area contributed by atoms with E-state index in [1.54, 1.807) is 5.38 Å². The normalized spacial score (nSPS) is 15.2. The van der Waals surface area contributed by atoms with Crippen molar-refractivity contribution < 1.29 is 22.7 Å². The molecule has 1 N–H and O–H groups in total. The van der Waals surface area contributed by atoms with E-state index in [-0.39, 0.29) is 17.7 Å². The molecule has 6 nitrogen and oxygen atoms in total. The summed E-state index contributed by atoms with van der Waals surface area (Å²) in [7, 11) is 1.48. The average molecular weight is 356 g/mol. The summed E-state index contributed by atoms with van der Waals surface area (Å²) in [5.74, 6) is 0.0141. The van der Waals surface area contributed by atoms with Gasteiger partial charge in [-0.15, -0.1) is 10.2 Å². The lowest BCUT2D eigenvalue weighted by molar-refractivity contribution is -0.166. The second kappa shape index (κ2) is 5.86. The van der Waals surface area contributed by atoms with E-state index in [1.807, 2.05) is 0 Å². The Morgan fingerprint density at radius 3 is 2.50 bits per heavy atom. The number of benzene rings is 1. The Balaban J connectivity index is 1.67. The summed E-state index contributed by atoms with van der Waals surface area (Å²) in [6, 6.07) is 5.03. The highest BCUT2D eigenvalue weighted by atomic mass is 32.1. The van der Waals surface area contributed by atoms with Gasteiger partial charge in [0.1, 0.15) is 0 Å². The van der Waals surface area contributed by atoms with Gasteiger partial charge < -0.3 is 10.1 Å². The van der Waals surface area contributed by atoms with Crippen LogP contribution < -0.4 is 10.1 Å². The van der Waals surface area contributed by atoms with Crippen molar-refractivity contribution in [1.82, 2.24) is 9.69 Å². The van der Waals surface area contributed by atoms with Crippen LogP contribution in [0.15, 0.2) is 39.9 Å². The molecule has 0 aliphatic carbocycles.